The zero-order valence-corrected chi connectivity index (χ0v) is 19.5. The van der Waals surface area contributed by atoms with Crippen LogP contribution in [0.2, 0.25) is 0 Å². The van der Waals surface area contributed by atoms with E-state index < -0.39 is 45.3 Å². The van der Waals surface area contributed by atoms with E-state index in [9.17, 15) is 27.9 Å². The number of hydrogen-bond acceptors (Lipinski definition) is 7. The number of anilines is 1. The lowest BCUT2D eigenvalue weighted by Crippen LogP contribution is -2.47. The molecule has 10 nitrogen and oxygen atoms in total. The Morgan fingerprint density at radius 3 is 2.21 bits per heavy atom. The number of benzene rings is 2. The second-order valence-corrected chi connectivity index (χ2v) is 9.60. The minimum atomic E-state index is -3.85. The standard InChI is InChI=1S/C23H28N4O6S/c1-2-19(23(30)31)20(15-34(32,33)18-6-4-3-5-7-18)27-22(29)13-12-21(28)26-17-10-8-16(9-11-17)14-25-24/h3-11,14,19-20H,2,12-13,15,24H2,1H3,(H,26,28)(H,27,29)(H,30,31). The minimum absolute atomic E-state index is 0.0395. The molecule has 182 valence electrons. The average Bonchev–Trinajstić information content (AvgIpc) is 2.80. The molecule has 0 fully saturated rings. The van der Waals surface area contributed by atoms with Gasteiger partial charge in [-0.25, -0.2) is 8.42 Å². The van der Waals surface area contributed by atoms with Crippen LogP contribution >= 0.6 is 0 Å². The molecule has 2 atom stereocenters. The lowest BCUT2D eigenvalue weighted by Gasteiger charge is -2.24. The van der Waals surface area contributed by atoms with Crippen LogP contribution in [0.15, 0.2) is 64.6 Å². The summed E-state index contributed by atoms with van der Waals surface area (Å²) >= 11 is 0. The summed E-state index contributed by atoms with van der Waals surface area (Å²) in [7, 11) is -3.85. The number of nitrogens with zero attached hydrogens (tertiary/aromatic N) is 1. The van der Waals surface area contributed by atoms with Crippen molar-refractivity contribution >= 4 is 39.5 Å². The molecule has 0 saturated heterocycles. The van der Waals surface area contributed by atoms with Crippen molar-refractivity contribution in [1.82, 2.24) is 5.32 Å². The molecule has 0 radical (unpaired) electrons. The molecule has 0 aromatic heterocycles. The molecule has 0 spiro atoms. The zero-order valence-electron chi connectivity index (χ0n) is 18.7. The van der Waals surface area contributed by atoms with E-state index in [2.05, 4.69) is 15.7 Å². The first kappa shape index (κ1) is 26.5. The van der Waals surface area contributed by atoms with Gasteiger partial charge in [-0.2, -0.15) is 5.10 Å². The molecule has 2 aromatic rings. The van der Waals surface area contributed by atoms with Gasteiger partial charge in [-0.1, -0.05) is 37.3 Å². The summed E-state index contributed by atoms with van der Waals surface area (Å²) in [5.74, 6) is 1.16. The van der Waals surface area contributed by atoms with E-state index >= 15 is 0 Å². The molecule has 34 heavy (non-hydrogen) atoms. The van der Waals surface area contributed by atoms with Crippen LogP contribution in [0.5, 0.6) is 0 Å². The molecule has 11 heteroatoms. The smallest absolute Gasteiger partial charge is 0.308 e. The summed E-state index contributed by atoms with van der Waals surface area (Å²) in [6.45, 7) is 1.60. The monoisotopic (exact) mass is 488 g/mol. The third-order valence-corrected chi connectivity index (χ3v) is 6.88. The molecule has 2 rings (SSSR count). The minimum Gasteiger partial charge on any atom is -0.481 e. The van der Waals surface area contributed by atoms with E-state index in [0.29, 0.717) is 5.69 Å². The fourth-order valence-corrected chi connectivity index (χ4v) is 4.87. The first-order valence-electron chi connectivity index (χ1n) is 10.6. The lowest BCUT2D eigenvalue weighted by atomic mass is 9.98. The predicted octanol–water partition coefficient (Wildman–Crippen LogP) is 1.77. The van der Waals surface area contributed by atoms with Crippen molar-refractivity contribution in [1.29, 1.82) is 0 Å². The largest absolute Gasteiger partial charge is 0.481 e. The highest BCUT2D eigenvalue weighted by atomic mass is 32.2. The summed E-state index contributed by atoms with van der Waals surface area (Å²) in [6, 6.07) is 13.2. The van der Waals surface area contributed by atoms with E-state index in [1.54, 1.807) is 49.4 Å². The van der Waals surface area contributed by atoms with Gasteiger partial charge in [-0.3, -0.25) is 14.4 Å². The number of aliphatic carboxylic acids is 1. The van der Waals surface area contributed by atoms with Crippen LogP contribution in [-0.2, 0) is 24.2 Å². The Kier molecular flexibility index (Phi) is 9.75. The van der Waals surface area contributed by atoms with Gasteiger partial charge in [0.15, 0.2) is 9.84 Å². The number of hydrogen-bond donors (Lipinski definition) is 4. The number of carboxylic acids is 1. The molecule has 0 heterocycles. The van der Waals surface area contributed by atoms with E-state index in [4.69, 9.17) is 5.84 Å². The van der Waals surface area contributed by atoms with Crippen LogP contribution in [-0.4, -0.2) is 49.3 Å². The average molecular weight is 489 g/mol. The summed E-state index contributed by atoms with van der Waals surface area (Å²) in [4.78, 5) is 36.4. The molecule has 0 aliphatic rings. The van der Waals surface area contributed by atoms with Gasteiger partial charge in [-0.15, -0.1) is 0 Å². The summed E-state index contributed by atoms with van der Waals surface area (Å²) < 4.78 is 25.6. The van der Waals surface area contributed by atoms with Gasteiger partial charge in [0.25, 0.3) is 0 Å². The molecule has 2 aromatic carbocycles. The number of sulfone groups is 1. The first-order chi connectivity index (χ1) is 16.2. The highest BCUT2D eigenvalue weighted by Crippen LogP contribution is 2.18. The Labute approximate surface area is 198 Å². The van der Waals surface area contributed by atoms with Gasteiger partial charge in [0, 0.05) is 18.5 Å². The number of amides is 2. The van der Waals surface area contributed by atoms with Gasteiger partial charge in [0.1, 0.15) is 0 Å². The Balaban J connectivity index is 2.01. The van der Waals surface area contributed by atoms with Gasteiger partial charge >= 0.3 is 5.97 Å². The Hall–Kier alpha value is -3.73. The molecule has 2 amide bonds. The van der Waals surface area contributed by atoms with Crippen LogP contribution in [0.25, 0.3) is 0 Å². The summed E-state index contributed by atoms with van der Waals surface area (Å²) in [6.07, 6.45) is 1.17. The van der Waals surface area contributed by atoms with Crippen LogP contribution in [0, 0.1) is 5.92 Å². The fraction of sp³-hybridized carbons (Fsp3) is 0.304. The first-order valence-corrected chi connectivity index (χ1v) is 12.2. The number of rotatable bonds is 12. The Morgan fingerprint density at radius 2 is 1.65 bits per heavy atom. The van der Waals surface area contributed by atoms with Crippen molar-refractivity contribution in [3.05, 3.63) is 60.2 Å². The third kappa shape index (κ3) is 8.00. The van der Waals surface area contributed by atoms with Crippen molar-refractivity contribution in [3.63, 3.8) is 0 Å². The zero-order chi connectivity index (χ0) is 25.1. The molecule has 0 saturated carbocycles. The third-order valence-electron chi connectivity index (χ3n) is 5.09. The number of nitrogens with two attached hydrogens (primary N) is 1. The van der Waals surface area contributed by atoms with E-state index in [1.165, 1.54) is 18.3 Å². The molecule has 0 bridgehead atoms. The van der Waals surface area contributed by atoms with E-state index in [1.807, 2.05) is 0 Å². The van der Waals surface area contributed by atoms with Crippen molar-refractivity contribution in [2.24, 2.45) is 16.9 Å². The van der Waals surface area contributed by atoms with Crippen LogP contribution in [0.4, 0.5) is 5.69 Å². The van der Waals surface area contributed by atoms with Crippen LogP contribution < -0.4 is 16.5 Å². The van der Waals surface area contributed by atoms with Gasteiger partial charge < -0.3 is 21.6 Å². The highest BCUT2D eigenvalue weighted by Gasteiger charge is 2.32. The molecule has 0 aliphatic heterocycles. The normalized spacial score (nSPS) is 13.2. The maximum absolute atomic E-state index is 12.8. The van der Waals surface area contributed by atoms with Gasteiger partial charge in [-0.05, 0) is 36.2 Å². The molecule has 2 unspecified atom stereocenters. The number of carbonyl (C=O) groups is 3. The van der Waals surface area contributed by atoms with Crippen molar-refractivity contribution in [3.8, 4) is 0 Å². The quantitative estimate of drug-likeness (QED) is 0.200. The van der Waals surface area contributed by atoms with E-state index in [0.717, 1.165) is 5.56 Å². The Bertz CT molecular complexity index is 1120. The highest BCUT2D eigenvalue weighted by molar-refractivity contribution is 7.91. The summed E-state index contributed by atoms with van der Waals surface area (Å²) in [5.41, 5.74) is 1.27. The second kappa shape index (κ2) is 12.5. The molecular formula is C23H28N4O6S. The number of carbonyl (C=O) groups excluding carboxylic acids is 2. The topological polar surface area (TPSA) is 168 Å². The molecule has 0 aliphatic carbocycles. The van der Waals surface area contributed by atoms with E-state index in [-0.39, 0.29) is 24.2 Å². The van der Waals surface area contributed by atoms with Crippen molar-refractivity contribution in [2.75, 3.05) is 11.1 Å². The van der Waals surface area contributed by atoms with Crippen LogP contribution in [0.1, 0.15) is 31.7 Å². The number of nitrogens with one attached hydrogen (secondary N) is 2. The number of hydrazone groups is 1. The Morgan fingerprint density at radius 1 is 1.03 bits per heavy atom. The predicted molar refractivity (Wildman–Crippen MR) is 128 cm³/mol. The fourth-order valence-electron chi connectivity index (χ4n) is 3.32. The lowest BCUT2D eigenvalue weighted by molar-refractivity contribution is -0.143. The maximum atomic E-state index is 12.8. The maximum Gasteiger partial charge on any atom is 0.308 e. The van der Waals surface area contributed by atoms with Crippen LogP contribution in [0.3, 0.4) is 0 Å². The van der Waals surface area contributed by atoms with Crippen molar-refractivity contribution in [2.45, 2.75) is 37.1 Å². The van der Waals surface area contributed by atoms with Gasteiger partial charge in [0.05, 0.1) is 28.8 Å². The summed E-state index contributed by atoms with van der Waals surface area (Å²) in [5, 5.41) is 18.1. The van der Waals surface area contributed by atoms with Gasteiger partial charge in [0.2, 0.25) is 11.8 Å². The molecule has 5 N–H and O–H groups in total. The molecular weight excluding hydrogens is 460 g/mol. The van der Waals surface area contributed by atoms with Crippen molar-refractivity contribution < 1.29 is 27.9 Å². The SMILES string of the molecule is CCC(C(=O)O)C(CS(=O)(=O)c1ccccc1)NC(=O)CCC(=O)Nc1ccc(C=NN)cc1. The number of carboxylic acid groups (broad SMARTS) is 1. The second-order valence-electron chi connectivity index (χ2n) is 7.57.